The van der Waals surface area contributed by atoms with Crippen LogP contribution in [0, 0.1) is 0 Å². The van der Waals surface area contributed by atoms with E-state index in [1.54, 1.807) is 0 Å². The molecule has 0 bridgehead atoms. The molecule has 23 heavy (non-hydrogen) atoms. The Bertz CT molecular complexity index is 686. The molecule has 1 aliphatic rings. The highest BCUT2D eigenvalue weighted by Gasteiger charge is 2.23. The summed E-state index contributed by atoms with van der Waals surface area (Å²) >= 11 is 0. The third kappa shape index (κ3) is 3.40. The number of para-hydroxylation sites is 1. The lowest BCUT2D eigenvalue weighted by atomic mass is 10.2. The van der Waals surface area contributed by atoms with Gasteiger partial charge in [-0.25, -0.2) is 4.98 Å². The van der Waals surface area contributed by atoms with Crippen LogP contribution in [-0.2, 0) is 4.74 Å². The summed E-state index contributed by atoms with van der Waals surface area (Å²) in [4.78, 5) is 22.2. The molecule has 1 atom stereocenters. The molecule has 1 aromatic carbocycles. The van der Waals surface area contributed by atoms with E-state index in [1.807, 2.05) is 42.3 Å². The van der Waals surface area contributed by atoms with Crippen LogP contribution >= 0.6 is 0 Å². The Labute approximate surface area is 134 Å². The van der Waals surface area contributed by atoms with Crippen LogP contribution in [0.2, 0.25) is 0 Å². The van der Waals surface area contributed by atoms with Gasteiger partial charge >= 0.3 is 0 Å². The summed E-state index contributed by atoms with van der Waals surface area (Å²) < 4.78 is 5.64. The highest BCUT2D eigenvalue weighted by atomic mass is 16.5. The molecule has 1 amide bonds. The fraction of sp³-hybridized carbons (Fsp3) is 0.312. The molecule has 1 aliphatic heterocycles. The molecule has 1 aromatic heterocycles. The van der Waals surface area contributed by atoms with E-state index in [1.165, 1.54) is 6.20 Å². The lowest BCUT2D eigenvalue weighted by molar-refractivity contribution is 0.100. The minimum absolute atomic E-state index is 0.0426. The van der Waals surface area contributed by atoms with E-state index in [4.69, 9.17) is 10.5 Å². The summed E-state index contributed by atoms with van der Waals surface area (Å²) in [7, 11) is 1.88. The first kappa shape index (κ1) is 15.2. The number of carbonyl (C=O) groups excluding carboxylic acids is 1. The third-order valence-corrected chi connectivity index (χ3v) is 3.73. The fourth-order valence-corrected chi connectivity index (χ4v) is 2.47. The molecule has 3 N–H and O–H groups in total. The van der Waals surface area contributed by atoms with Gasteiger partial charge in [0.2, 0.25) is 5.95 Å². The van der Waals surface area contributed by atoms with Gasteiger partial charge in [0.25, 0.3) is 5.91 Å². The van der Waals surface area contributed by atoms with E-state index in [0.29, 0.717) is 11.8 Å². The largest absolute Gasteiger partial charge is 0.365 e. The minimum Gasteiger partial charge on any atom is -0.365 e. The van der Waals surface area contributed by atoms with Gasteiger partial charge in [0, 0.05) is 25.5 Å². The van der Waals surface area contributed by atoms with Crippen molar-refractivity contribution in [1.29, 1.82) is 0 Å². The number of nitrogens with one attached hydrogen (secondary N) is 1. The van der Waals surface area contributed by atoms with Crippen LogP contribution in [0.15, 0.2) is 36.5 Å². The van der Waals surface area contributed by atoms with E-state index in [0.717, 1.165) is 25.1 Å². The van der Waals surface area contributed by atoms with Crippen LogP contribution < -0.4 is 16.0 Å². The van der Waals surface area contributed by atoms with Gasteiger partial charge < -0.3 is 20.7 Å². The number of aromatic nitrogens is 2. The molecule has 0 radical (unpaired) electrons. The molecule has 1 fully saturated rings. The molecule has 1 saturated heterocycles. The summed E-state index contributed by atoms with van der Waals surface area (Å²) in [5, 5.41) is 3.12. The van der Waals surface area contributed by atoms with Gasteiger partial charge in [-0.2, -0.15) is 4.98 Å². The third-order valence-electron chi connectivity index (χ3n) is 3.73. The van der Waals surface area contributed by atoms with Gasteiger partial charge in [-0.3, -0.25) is 4.79 Å². The molecule has 7 heteroatoms. The van der Waals surface area contributed by atoms with Crippen molar-refractivity contribution in [2.24, 2.45) is 5.73 Å². The molecular weight excluding hydrogens is 294 g/mol. The normalized spacial score (nSPS) is 17.0. The first-order valence-corrected chi connectivity index (χ1v) is 7.48. The maximum absolute atomic E-state index is 11.6. The predicted molar refractivity (Wildman–Crippen MR) is 87.7 cm³/mol. The van der Waals surface area contributed by atoms with Crippen molar-refractivity contribution in [3.05, 3.63) is 42.1 Å². The van der Waals surface area contributed by atoms with Crippen molar-refractivity contribution in [3.8, 4) is 0 Å². The number of anilines is 3. The molecule has 0 spiro atoms. The fourth-order valence-electron chi connectivity index (χ4n) is 2.47. The Balaban J connectivity index is 1.91. The molecule has 0 saturated carbocycles. The van der Waals surface area contributed by atoms with Crippen molar-refractivity contribution >= 4 is 23.4 Å². The van der Waals surface area contributed by atoms with E-state index in [2.05, 4.69) is 15.3 Å². The van der Waals surface area contributed by atoms with Crippen LogP contribution in [0.25, 0.3) is 0 Å². The molecule has 0 aliphatic carbocycles. The van der Waals surface area contributed by atoms with Crippen LogP contribution in [-0.4, -0.2) is 35.8 Å². The number of hydrogen-bond donors (Lipinski definition) is 2. The van der Waals surface area contributed by atoms with Gasteiger partial charge in [-0.05, 0) is 25.0 Å². The Morgan fingerprint density at radius 1 is 1.39 bits per heavy atom. The lowest BCUT2D eigenvalue weighted by Gasteiger charge is -2.24. The standard InChI is InChI=1S/C16H19N5O2/c1-21(13-8-5-9-23-13)16-18-10-12(14(17)22)15(20-16)19-11-6-3-2-4-7-11/h2-4,6-7,10,13H,5,8-9H2,1H3,(H2,17,22)(H,18,19,20). The SMILES string of the molecule is CN(c1ncc(C(N)=O)c(Nc2ccccc2)n1)C1CCCO1. The van der Waals surface area contributed by atoms with Crippen LogP contribution in [0.1, 0.15) is 23.2 Å². The number of hydrogen-bond acceptors (Lipinski definition) is 6. The van der Waals surface area contributed by atoms with Crippen molar-refractivity contribution in [3.63, 3.8) is 0 Å². The predicted octanol–water partition coefficient (Wildman–Crippen LogP) is 1.89. The molecule has 120 valence electrons. The highest BCUT2D eigenvalue weighted by molar-refractivity contribution is 5.98. The van der Waals surface area contributed by atoms with Gasteiger partial charge in [-0.1, -0.05) is 18.2 Å². The Hall–Kier alpha value is -2.67. The van der Waals surface area contributed by atoms with Gasteiger partial charge in [-0.15, -0.1) is 0 Å². The zero-order chi connectivity index (χ0) is 16.2. The Morgan fingerprint density at radius 2 is 2.17 bits per heavy atom. The quantitative estimate of drug-likeness (QED) is 0.875. The van der Waals surface area contributed by atoms with Gasteiger partial charge in [0.1, 0.15) is 17.6 Å². The number of nitrogens with zero attached hydrogens (tertiary/aromatic N) is 3. The number of ether oxygens (including phenoxy) is 1. The minimum atomic E-state index is -0.574. The lowest BCUT2D eigenvalue weighted by Crippen LogP contribution is -2.32. The second-order valence-corrected chi connectivity index (χ2v) is 5.37. The van der Waals surface area contributed by atoms with Crippen LogP contribution in [0.4, 0.5) is 17.5 Å². The summed E-state index contributed by atoms with van der Waals surface area (Å²) in [6.07, 6.45) is 3.35. The van der Waals surface area contributed by atoms with E-state index in [9.17, 15) is 4.79 Å². The molecule has 3 rings (SSSR count). The second kappa shape index (κ2) is 6.62. The highest BCUT2D eigenvalue weighted by Crippen LogP contribution is 2.23. The van der Waals surface area contributed by atoms with E-state index in [-0.39, 0.29) is 11.8 Å². The molecule has 2 heterocycles. The van der Waals surface area contributed by atoms with Crippen molar-refractivity contribution < 1.29 is 9.53 Å². The molecule has 1 unspecified atom stereocenters. The number of amides is 1. The topological polar surface area (TPSA) is 93.4 Å². The average molecular weight is 313 g/mol. The monoisotopic (exact) mass is 313 g/mol. The number of rotatable bonds is 5. The van der Waals surface area contributed by atoms with Crippen molar-refractivity contribution in [2.45, 2.75) is 19.1 Å². The van der Waals surface area contributed by atoms with Crippen molar-refractivity contribution in [2.75, 3.05) is 23.9 Å². The van der Waals surface area contributed by atoms with E-state index < -0.39 is 5.91 Å². The van der Waals surface area contributed by atoms with Crippen LogP contribution in [0.5, 0.6) is 0 Å². The molecule has 7 nitrogen and oxygen atoms in total. The van der Waals surface area contributed by atoms with Crippen LogP contribution in [0.3, 0.4) is 0 Å². The first-order valence-electron chi connectivity index (χ1n) is 7.48. The summed E-state index contributed by atoms with van der Waals surface area (Å²) in [6, 6.07) is 9.48. The first-order chi connectivity index (χ1) is 11.1. The zero-order valence-electron chi connectivity index (χ0n) is 12.9. The van der Waals surface area contributed by atoms with Crippen molar-refractivity contribution in [1.82, 2.24) is 9.97 Å². The molecule has 2 aromatic rings. The number of benzene rings is 1. The smallest absolute Gasteiger partial charge is 0.254 e. The Kier molecular flexibility index (Phi) is 4.38. The van der Waals surface area contributed by atoms with E-state index >= 15 is 0 Å². The summed E-state index contributed by atoms with van der Waals surface area (Å²) in [5.74, 6) is 0.300. The van der Waals surface area contributed by atoms with Gasteiger partial charge in [0.15, 0.2) is 0 Å². The number of nitrogens with two attached hydrogens (primary N) is 1. The van der Waals surface area contributed by atoms with Gasteiger partial charge in [0.05, 0.1) is 0 Å². The Morgan fingerprint density at radius 3 is 2.83 bits per heavy atom. The number of carbonyl (C=O) groups is 1. The zero-order valence-corrected chi connectivity index (χ0v) is 12.9. The summed E-state index contributed by atoms with van der Waals surface area (Å²) in [5.41, 5.74) is 6.49. The second-order valence-electron chi connectivity index (χ2n) is 5.37. The summed E-state index contributed by atoms with van der Waals surface area (Å²) in [6.45, 7) is 0.740. The maximum atomic E-state index is 11.6. The average Bonchev–Trinajstić information content (AvgIpc) is 3.09. The maximum Gasteiger partial charge on any atom is 0.254 e. The number of primary amides is 1. The molecular formula is C16H19N5O2.